The molecule has 0 bridgehead atoms. The molecule has 0 aromatic carbocycles. The van der Waals surface area contributed by atoms with E-state index in [-0.39, 0.29) is 24.0 Å². The maximum Gasteiger partial charge on any atom is 0.270 e. The number of carbonyl (C=O) groups excluding carboxylic acids is 1. The van der Waals surface area contributed by atoms with Gasteiger partial charge in [0, 0.05) is 24.8 Å². The second-order valence-corrected chi connectivity index (χ2v) is 4.78. The highest BCUT2D eigenvalue weighted by Crippen LogP contribution is 2.43. The Bertz CT molecular complexity index is 527. The predicted molar refractivity (Wildman–Crippen MR) is 61.7 cm³/mol. The number of amides is 1. The molecule has 18 heavy (non-hydrogen) atoms. The van der Waals surface area contributed by atoms with Gasteiger partial charge >= 0.3 is 0 Å². The Morgan fingerprint density at radius 2 is 2.17 bits per heavy atom. The van der Waals surface area contributed by atoms with E-state index < -0.39 is 17.4 Å². The summed E-state index contributed by atoms with van der Waals surface area (Å²) in [5, 5.41) is 2.33. The quantitative estimate of drug-likeness (QED) is 0.845. The standard InChI is InChI=1S/C12H14F2N2O2/c1-11(4-2-5-12(11,13)14)16-10(18)9-7-8(17)3-6-15-9/h3,6-7H,2,4-5H2,1H3,(H,15,17)(H,16,18). The topological polar surface area (TPSA) is 62.0 Å². The Kier molecular flexibility index (Phi) is 2.96. The van der Waals surface area contributed by atoms with Crippen LogP contribution >= 0.6 is 0 Å². The lowest BCUT2D eigenvalue weighted by Gasteiger charge is -2.32. The zero-order valence-electron chi connectivity index (χ0n) is 9.93. The molecule has 1 aromatic rings. The highest BCUT2D eigenvalue weighted by molar-refractivity contribution is 5.92. The Labute approximate surface area is 102 Å². The SMILES string of the molecule is CC1(NC(=O)c2cc(=O)cc[nH]2)CCCC1(F)F. The van der Waals surface area contributed by atoms with E-state index in [2.05, 4.69) is 10.3 Å². The number of aromatic amines is 1. The van der Waals surface area contributed by atoms with E-state index in [0.29, 0.717) is 6.42 Å². The van der Waals surface area contributed by atoms with E-state index in [9.17, 15) is 18.4 Å². The summed E-state index contributed by atoms with van der Waals surface area (Å²) < 4.78 is 27.3. The first kappa shape index (κ1) is 12.7. The van der Waals surface area contributed by atoms with Crippen molar-refractivity contribution in [2.75, 3.05) is 0 Å². The molecule has 1 heterocycles. The van der Waals surface area contributed by atoms with Crippen LogP contribution in [0.1, 0.15) is 36.7 Å². The Balaban J connectivity index is 2.20. The van der Waals surface area contributed by atoms with Crippen molar-refractivity contribution in [1.29, 1.82) is 0 Å². The molecule has 6 heteroatoms. The molecule has 4 nitrogen and oxygen atoms in total. The zero-order chi connectivity index (χ0) is 13.4. The fraction of sp³-hybridized carbons (Fsp3) is 0.500. The number of hydrogen-bond acceptors (Lipinski definition) is 2. The lowest BCUT2D eigenvalue weighted by atomic mass is 9.96. The molecule has 1 aromatic heterocycles. The third-order valence-corrected chi connectivity index (χ3v) is 3.38. The number of pyridine rings is 1. The smallest absolute Gasteiger partial charge is 0.270 e. The van der Waals surface area contributed by atoms with Crippen molar-refractivity contribution in [3.8, 4) is 0 Å². The van der Waals surface area contributed by atoms with E-state index in [1.54, 1.807) is 0 Å². The first-order valence-corrected chi connectivity index (χ1v) is 5.73. The molecule has 1 fully saturated rings. The first-order valence-electron chi connectivity index (χ1n) is 5.73. The molecular formula is C12H14F2N2O2. The van der Waals surface area contributed by atoms with Crippen molar-refractivity contribution in [3.63, 3.8) is 0 Å². The van der Waals surface area contributed by atoms with Gasteiger partial charge in [-0.1, -0.05) is 0 Å². The van der Waals surface area contributed by atoms with Crippen LogP contribution in [0.3, 0.4) is 0 Å². The monoisotopic (exact) mass is 256 g/mol. The van der Waals surface area contributed by atoms with E-state index in [1.807, 2.05) is 0 Å². The average Bonchev–Trinajstić information content (AvgIpc) is 2.53. The van der Waals surface area contributed by atoms with E-state index in [0.717, 1.165) is 6.07 Å². The van der Waals surface area contributed by atoms with Gasteiger partial charge in [-0.2, -0.15) is 0 Å². The minimum Gasteiger partial charge on any atom is -0.357 e. The van der Waals surface area contributed by atoms with Crippen LogP contribution in [0.15, 0.2) is 23.1 Å². The average molecular weight is 256 g/mol. The molecular weight excluding hydrogens is 242 g/mol. The molecule has 1 atom stereocenters. The highest BCUT2D eigenvalue weighted by Gasteiger charge is 2.54. The molecule has 1 aliphatic rings. The summed E-state index contributed by atoms with van der Waals surface area (Å²) in [6.07, 6.45) is 1.68. The number of rotatable bonds is 2. The molecule has 0 spiro atoms. The van der Waals surface area contributed by atoms with Crippen molar-refractivity contribution in [1.82, 2.24) is 10.3 Å². The van der Waals surface area contributed by atoms with E-state index in [1.165, 1.54) is 19.2 Å². The van der Waals surface area contributed by atoms with Gasteiger partial charge in [0.2, 0.25) is 0 Å². The largest absolute Gasteiger partial charge is 0.357 e. The maximum absolute atomic E-state index is 13.7. The van der Waals surface area contributed by atoms with Crippen LogP contribution < -0.4 is 10.7 Å². The molecule has 0 saturated heterocycles. The summed E-state index contributed by atoms with van der Waals surface area (Å²) in [5.74, 6) is -3.60. The Morgan fingerprint density at radius 1 is 1.44 bits per heavy atom. The number of alkyl halides is 2. The predicted octanol–water partition coefficient (Wildman–Crippen LogP) is 1.68. The van der Waals surface area contributed by atoms with Crippen LogP contribution in [0.5, 0.6) is 0 Å². The summed E-state index contributed by atoms with van der Waals surface area (Å²) in [6.45, 7) is 1.33. The third kappa shape index (κ3) is 2.14. The fourth-order valence-corrected chi connectivity index (χ4v) is 2.17. The summed E-state index contributed by atoms with van der Waals surface area (Å²) in [7, 11) is 0. The molecule has 1 amide bonds. The van der Waals surface area contributed by atoms with Crippen molar-refractivity contribution in [2.45, 2.75) is 37.6 Å². The van der Waals surface area contributed by atoms with Crippen LogP contribution in [-0.2, 0) is 0 Å². The highest BCUT2D eigenvalue weighted by atomic mass is 19.3. The number of H-pyrrole nitrogens is 1. The molecule has 1 unspecified atom stereocenters. The van der Waals surface area contributed by atoms with Gasteiger partial charge in [0.25, 0.3) is 11.8 Å². The van der Waals surface area contributed by atoms with Crippen LogP contribution in [0.2, 0.25) is 0 Å². The normalized spacial score (nSPS) is 25.9. The number of carbonyl (C=O) groups is 1. The van der Waals surface area contributed by atoms with Gasteiger partial charge in [-0.05, 0) is 19.8 Å². The van der Waals surface area contributed by atoms with Gasteiger partial charge in [0.15, 0.2) is 5.43 Å². The van der Waals surface area contributed by atoms with Gasteiger partial charge < -0.3 is 10.3 Å². The second-order valence-electron chi connectivity index (χ2n) is 4.78. The fourth-order valence-electron chi connectivity index (χ4n) is 2.17. The van der Waals surface area contributed by atoms with E-state index >= 15 is 0 Å². The molecule has 1 saturated carbocycles. The van der Waals surface area contributed by atoms with Crippen LogP contribution in [0, 0.1) is 0 Å². The van der Waals surface area contributed by atoms with Crippen molar-refractivity contribution in [3.05, 3.63) is 34.2 Å². The molecule has 0 radical (unpaired) electrons. The van der Waals surface area contributed by atoms with Gasteiger partial charge in [-0.25, -0.2) is 8.78 Å². The van der Waals surface area contributed by atoms with E-state index in [4.69, 9.17) is 0 Å². The number of halogens is 2. The molecule has 98 valence electrons. The van der Waals surface area contributed by atoms with Gasteiger partial charge in [-0.3, -0.25) is 9.59 Å². The summed E-state index contributed by atoms with van der Waals surface area (Å²) in [4.78, 5) is 25.5. The number of aromatic nitrogens is 1. The number of hydrogen-bond donors (Lipinski definition) is 2. The molecule has 2 N–H and O–H groups in total. The van der Waals surface area contributed by atoms with Gasteiger partial charge in [-0.15, -0.1) is 0 Å². The lowest BCUT2D eigenvalue weighted by molar-refractivity contribution is -0.0575. The maximum atomic E-state index is 13.7. The number of nitrogens with one attached hydrogen (secondary N) is 2. The van der Waals surface area contributed by atoms with Crippen LogP contribution in [0.25, 0.3) is 0 Å². The first-order chi connectivity index (χ1) is 8.34. The molecule has 0 aliphatic heterocycles. The van der Waals surface area contributed by atoms with Crippen molar-refractivity contribution >= 4 is 5.91 Å². The minimum atomic E-state index is -2.92. The Morgan fingerprint density at radius 3 is 2.72 bits per heavy atom. The minimum absolute atomic E-state index is 0.00794. The van der Waals surface area contributed by atoms with Crippen molar-refractivity contribution in [2.24, 2.45) is 0 Å². The van der Waals surface area contributed by atoms with Gasteiger partial charge in [0.05, 0.1) is 0 Å². The van der Waals surface area contributed by atoms with Crippen LogP contribution in [0.4, 0.5) is 8.78 Å². The molecule has 1 aliphatic carbocycles. The van der Waals surface area contributed by atoms with Crippen molar-refractivity contribution < 1.29 is 13.6 Å². The Hall–Kier alpha value is -1.72. The second kappa shape index (κ2) is 4.19. The third-order valence-electron chi connectivity index (χ3n) is 3.38. The van der Waals surface area contributed by atoms with Crippen LogP contribution in [-0.4, -0.2) is 22.4 Å². The summed E-state index contributed by atoms with van der Waals surface area (Å²) >= 11 is 0. The summed E-state index contributed by atoms with van der Waals surface area (Å²) in [6, 6.07) is 2.34. The van der Waals surface area contributed by atoms with Gasteiger partial charge in [0.1, 0.15) is 11.2 Å². The molecule has 2 rings (SSSR count). The lowest BCUT2D eigenvalue weighted by Crippen LogP contribution is -2.55. The zero-order valence-corrected chi connectivity index (χ0v) is 9.93. The summed E-state index contributed by atoms with van der Waals surface area (Å²) in [5.41, 5.74) is -1.90.